The lowest BCUT2D eigenvalue weighted by Crippen LogP contribution is -1.99. The average Bonchev–Trinajstić information content (AvgIpc) is 3.23. The number of imidazole rings is 2. The van der Waals surface area contributed by atoms with Gasteiger partial charge in [0.1, 0.15) is 5.52 Å². The topological polar surface area (TPSA) is 69.4 Å². The van der Waals surface area contributed by atoms with Crippen LogP contribution in [0.1, 0.15) is 0 Å². The van der Waals surface area contributed by atoms with E-state index in [-0.39, 0.29) is 11.2 Å². The quantitative estimate of drug-likeness (QED) is 0.435. The van der Waals surface area contributed by atoms with Gasteiger partial charge in [-0.1, -0.05) is 27.5 Å². The molecule has 0 radical (unpaired) electrons. The van der Waals surface area contributed by atoms with Crippen molar-refractivity contribution >= 4 is 49.9 Å². The Labute approximate surface area is 149 Å². The van der Waals surface area contributed by atoms with Crippen LogP contribution in [-0.2, 0) is 0 Å². The van der Waals surface area contributed by atoms with Crippen LogP contribution in [0.25, 0.3) is 22.3 Å². The minimum atomic E-state index is -0.461. The maximum Gasteiger partial charge on any atom is 0.175 e. The summed E-state index contributed by atoms with van der Waals surface area (Å²) >= 11 is 9.61. The third-order valence-electron chi connectivity index (χ3n) is 3.63. The Morgan fingerprint density at radius 1 is 1.17 bits per heavy atom. The summed E-state index contributed by atoms with van der Waals surface area (Å²) in [5.74, 6) is -0.461. The molecule has 0 spiro atoms. The number of rotatable bonds is 3. The molecule has 0 fully saturated rings. The molecule has 0 unspecified atom stereocenters. The van der Waals surface area contributed by atoms with Gasteiger partial charge in [-0.2, -0.15) is 0 Å². The summed E-state index contributed by atoms with van der Waals surface area (Å²) in [6.45, 7) is 0. The molecule has 0 aliphatic heterocycles. The molecule has 2 heterocycles. The van der Waals surface area contributed by atoms with Crippen LogP contribution in [0.2, 0.25) is 5.02 Å². The summed E-state index contributed by atoms with van der Waals surface area (Å²) in [5.41, 5.74) is 3.04. The number of aromatic nitrogens is 4. The van der Waals surface area contributed by atoms with Gasteiger partial charge in [0.05, 0.1) is 46.5 Å². The van der Waals surface area contributed by atoms with Gasteiger partial charge in [0.2, 0.25) is 0 Å². The lowest BCUT2D eigenvalue weighted by Gasteiger charge is -2.14. The van der Waals surface area contributed by atoms with Crippen LogP contribution in [-0.4, -0.2) is 19.9 Å². The molecular formula is C16H10BrClFN5. The molecule has 0 bridgehead atoms. The Kier molecular flexibility index (Phi) is 3.74. The molecule has 8 heteroatoms. The molecule has 2 aromatic heterocycles. The highest BCUT2D eigenvalue weighted by atomic mass is 79.9. The first kappa shape index (κ1) is 15.2. The van der Waals surface area contributed by atoms with Crippen molar-refractivity contribution in [1.29, 1.82) is 0 Å². The second-order valence-corrected chi connectivity index (χ2v) is 6.45. The van der Waals surface area contributed by atoms with Gasteiger partial charge in [-0.15, -0.1) is 0 Å². The molecular weight excluding hydrogens is 397 g/mol. The van der Waals surface area contributed by atoms with Crippen molar-refractivity contribution in [2.75, 3.05) is 5.32 Å². The van der Waals surface area contributed by atoms with Crippen LogP contribution in [0.5, 0.6) is 0 Å². The molecule has 2 aromatic carbocycles. The first-order chi connectivity index (χ1) is 11.6. The van der Waals surface area contributed by atoms with Gasteiger partial charge in [-0.3, -0.25) is 0 Å². The highest BCUT2D eigenvalue weighted by Crippen LogP contribution is 2.37. The van der Waals surface area contributed by atoms with Crippen LogP contribution in [0, 0.1) is 5.82 Å². The second-order valence-electron chi connectivity index (χ2n) is 5.13. The maximum absolute atomic E-state index is 15.0. The molecule has 0 amide bonds. The summed E-state index contributed by atoms with van der Waals surface area (Å²) in [6.07, 6.45) is 4.63. The first-order valence-corrected chi connectivity index (χ1v) is 8.17. The number of hydrogen-bond donors (Lipinski definition) is 3. The highest BCUT2D eigenvalue weighted by molar-refractivity contribution is 9.10. The Balaban J connectivity index is 1.92. The number of nitrogens with zero attached hydrogens (tertiary/aromatic N) is 2. The van der Waals surface area contributed by atoms with Gasteiger partial charge in [0, 0.05) is 10.0 Å². The Hall–Kier alpha value is -2.38. The molecule has 120 valence electrons. The molecule has 4 aromatic rings. The van der Waals surface area contributed by atoms with Crippen LogP contribution < -0.4 is 5.32 Å². The first-order valence-electron chi connectivity index (χ1n) is 7.00. The number of halogens is 3. The number of nitrogens with one attached hydrogen (secondary N) is 3. The van der Waals surface area contributed by atoms with Crippen molar-refractivity contribution in [2.24, 2.45) is 0 Å². The third-order valence-corrected chi connectivity index (χ3v) is 4.44. The van der Waals surface area contributed by atoms with Gasteiger partial charge in [-0.25, -0.2) is 14.4 Å². The molecule has 5 nitrogen and oxygen atoms in total. The van der Waals surface area contributed by atoms with Gasteiger partial charge in [0.15, 0.2) is 5.82 Å². The van der Waals surface area contributed by atoms with Crippen LogP contribution >= 0.6 is 27.5 Å². The van der Waals surface area contributed by atoms with E-state index in [1.807, 2.05) is 12.1 Å². The van der Waals surface area contributed by atoms with Gasteiger partial charge in [-0.05, 0) is 24.3 Å². The van der Waals surface area contributed by atoms with Crippen LogP contribution in [0.4, 0.5) is 15.8 Å². The molecule has 4 rings (SSSR count). The van der Waals surface area contributed by atoms with E-state index in [0.29, 0.717) is 27.5 Å². The minimum Gasteiger partial charge on any atom is -0.351 e. The lowest BCUT2D eigenvalue weighted by molar-refractivity contribution is 0.641. The predicted molar refractivity (Wildman–Crippen MR) is 96.1 cm³/mol. The van der Waals surface area contributed by atoms with Crippen molar-refractivity contribution in [1.82, 2.24) is 19.9 Å². The number of hydrogen-bond acceptors (Lipinski definition) is 3. The summed E-state index contributed by atoms with van der Waals surface area (Å²) in [5, 5.41) is 3.55. The van der Waals surface area contributed by atoms with Crippen LogP contribution in [0.15, 0.2) is 47.6 Å². The van der Waals surface area contributed by atoms with Crippen molar-refractivity contribution in [3.63, 3.8) is 0 Å². The SMILES string of the molecule is Fc1c(Nc2ccc(Br)cc2Cl)c(-c2cnc[nH]2)cc2[nH]cnc12. The molecule has 24 heavy (non-hydrogen) atoms. The Morgan fingerprint density at radius 2 is 2.04 bits per heavy atom. The number of anilines is 2. The van der Waals surface area contributed by atoms with Crippen LogP contribution in [0.3, 0.4) is 0 Å². The van der Waals surface area contributed by atoms with E-state index in [9.17, 15) is 0 Å². The second kappa shape index (κ2) is 5.92. The zero-order valence-corrected chi connectivity index (χ0v) is 14.4. The minimum absolute atomic E-state index is 0.258. The fraction of sp³-hybridized carbons (Fsp3) is 0. The number of aromatic amines is 2. The Morgan fingerprint density at radius 3 is 2.79 bits per heavy atom. The number of benzene rings is 2. The van der Waals surface area contributed by atoms with Gasteiger partial charge >= 0.3 is 0 Å². The van der Waals surface area contributed by atoms with Crippen molar-refractivity contribution in [3.05, 3.63) is 58.4 Å². The summed E-state index contributed by atoms with van der Waals surface area (Å²) < 4.78 is 15.9. The lowest BCUT2D eigenvalue weighted by atomic mass is 10.1. The molecule has 0 aliphatic rings. The van der Waals surface area contributed by atoms with E-state index in [2.05, 4.69) is 41.2 Å². The largest absolute Gasteiger partial charge is 0.351 e. The van der Waals surface area contributed by atoms with E-state index in [1.54, 1.807) is 24.7 Å². The smallest absolute Gasteiger partial charge is 0.175 e. The molecule has 0 saturated heterocycles. The summed E-state index contributed by atoms with van der Waals surface area (Å²) in [4.78, 5) is 14.0. The molecule has 0 aliphatic carbocycles. The standard InChI is InChI=1S/C16H10BrClFN5/c17-8-1-2-11(10(18)3-8)24-15-9(13-5-20-6-21-13)4-12-16(14(15)19)23-7-22-12/h1-7,24H,(H,20,21)(H,22,23). The van der Waals surface area contributed by atoms with E-state index < -0.39 is 5.82 Å². The number of fused-ring (bicyclic) bond motifs is 1. The molecule has 0 saturated carbocycles. The highest BCUT2D eigenvalue weighted by Gasteiger charge is 2.18. The van der Waals surface area contributed by atoms with E-state index in [1.165, 1.54) is 6.33 Å². The normalized spacial score (nSPS) is 11.1. The zero-order valence-electron chi connectivity index (χ0n) is 12.1. The molecule has 3 N–H and O–H groups in total. The third kappa shape index (κ3) is 2.55. The maximum atomic E-state index is 15.0. The van der Waals surface area contributed by atoms with Gasteiger partial charge in [0.25, 0.3) is 0 Å². The average molecular weight is 407 g/mol. The number of H-pyrrole nitrogens is 2. The fourth-order valence-corrected chi connectivity index (χ4v) is 3.23. The van der Waals surface area contributed by atoms with Crippen molar-refractivity contribution < 1.29 is 4.39 Å². The molecule has 0 atom stereocenters. The van der Waals surface area contributed by atoms with E-state index >= 15 is 4.39 Å². The van der Waals surface area contributed by atoms with Gasteiger partial charge < -0.3 is 15.3 Å². The summed E-state index contributed by atoms with van der Waals surface area (Å²) in [7, 11) is 0. The van der Waals surface area contributed by atoms with E-state index in [0.717, 1.165) is 4.47 Å². The fourth-order valence-electron chi connectivity index (χ4n) is 2.51. The van der Waals surface area contributed by atoms with E-state index in [4.69, 9.17) is 11.6 Å². The van der Waals surface area contributed by atoms with Crippen molar-refractivity contribution in [3.8, 4) is 11.3 Å². The Bertz CT molecular complexity index is 1030. The monoisotopic (exact) mass is 405 g/mol. The zero-order chi connectivity index (χ0) is 16.7. The van der Waals surface area contributed by atoms with Crippen molar-refractivity contribution in [2.45, 2.75) is 0 Å². The summed E-state index contributed by atoms with van der Waals surface area (Å²) in [6, 6.07) is 7.16. The predicted octanol–water partition coefficient (Wildman–Crippen LogP) is 5.25.